The highest BCUT2D eigenvalue weighted by Crippen LogP contribution is 2.48. The molecule has 0 unspecified atom stereocenters. The fraction of sp³-hybridized carbons (Fsp3) is 0.562. The minimum absolute atomic E-state index is 0.0381. The summed E-state index contributed by atoms with van der Waals surface area (Å²) in [4.78, 5) is 11.8. The molecular formula is C16H24N2O. The molecule has 0 aromatic heterocycles. The number of hydrogen-bond acceptors (Lipinski definition) is 2. The lowest BCUT2D eigenvalue weighted by Gasteiger charge is -2.14. The molecule has 1 amide bonds. The Morgan fingerprint density at radius 2 is 1.95 bits per heavy atom. The average Bonchev–Trinajstić information content (AvgIpc) is 3.13. The minimum Gasteiger partial charge on any atom is -0.325 e. The molecule has 19 heavy (non-hydrogen) atoms. The smallest absolute Gasteiger partial charge is 0.238 e. The van der Waals surface area contributed by atoms with Gasteiger partial charge in [0, 0.05) is 12.2 Å². The number of amides is 1. The van der Waals surface area contributed by atoms with Gasteiger partial charge in [-0.2, -0.15) is 0 Å². The van der Waals surface area contributed by atoms with Crippen molar-refractivity contribution in [2.75, 3.05) is 18.4 Å². The van der Waals surface area contributed by atoms with Crippen molar-refractivity contribution in [1.29, 1.82) is 0 Å². The predicted octanol–water partition coefficient (Wildman–Crippen LogP) is 3.10. The van der Waals surface area contributed by atoms with Gasteiger partial charge in [0.05, 0.1) is 6.54 Å². The molecule has 1 saturated carbocycles. The SMILES string of the molecule is CCCC1(CNCC(=O)Nc2ccc(C)cc2)CC1. The molecule has 1 aromatic carbocycles. The van der Waals surface area contributed by atoms with E-state index in [4.69, 9.17) is 0 Å². The van der Waals surface area contributed by atoms with Crippen LogP contribution in [0.1, 0.15) is 38.2 Å². The van der Waals surface area contributed by atoms with E-state index in [1.165, 1.54) is 31.2 Å². The van der Waals surface area contributed by atoms with Crippen LogP contribution in [0.25, 0.3) is 0 Å². The van der Waals surface area contributed by atoms with E-state index < -0.39 is 0 Å². The first-order valence-corrected chi connectivity index (χ1v) is 7.21. The topological polar surface area (TPSA) is 41.1 Å². The Bertz CT molecular complexity index is 421. The van der Waals surface area contributed by atoms with Gasteiger partial charge in [0.2, 0.25) is 5.91 Å². The Labute approximate surface area is 115 Å². The fourth-order valence-corrected chi connectivity index (χ4v) is 2.51. The lowest BCUT2D eigenvalue weighted by molar-refractivity contribution is -0.115. The Hall–Kier alpha value is -1.35. The van der Waals surface area contributed by atoms with Crippen LogP contribution in [0.15, 0.2) is 24.3 Å². The van der Waals surface area contributed by atoms with E-state index in [0.29, 0.717) is 12.0 Å². The molecule has 0 radical (unpaired) electrons. The largest absolute Gasteiger partial charge is 0.325 e. The van der Waals surface area contributed by atoms with Crippen LogP contribution < -0.4 is 10.6 Å². The summed E-state index contributed by atoms with van der Waals surface area (Å²) >= 11 is 0. The van der Waals surface area contributed by atoms with Crippen LogP contribution in [0.5, 0.6) is 0 Å². The Kier molecular flexibility index (Phi) is 4.59. The van der Waals surface area contributed by atoms with Crippen molar-refractivity contribution in [3.8, 4) is 0 Å². The number of benzene rings is 1. The molecule has 0 atom stereocenters. The van der Waals surface area contributed by atoms with Gasteiger partial charge in [-0.25, -0.2) is 0 Å². The van der Waals surface area contributed by atoms with Gasteiger partial charge in [-0.1, -0.05) is 31.0 Å². The van der Waals surface area contributed by atoms with Crippen LogP contribution in [-0.2, 0) is 4.79 Å². The number of carbonyl (C=O) groups excluding carboxylic acids is 1. The number of rotatable bonds is 7. The number of hydrogen-bond donors (Lipinski definition) is 2. The molecule has 1 aliphatic rings. The molecule has 2 N–H and O–H groups in total. The second-order valence-corrected chi connectivity index (χ2v) is 5.77. The molecule has 3 heteroatoms. The zero-order chi connectivity index (χ0) is 13.7. The zero-order valence-corrected chi connectivity index (χ0v) is 12.0. The zero-order valence-electron chi connectivity index (χ0n) is 12.0. The van der Waals surface area contributed by atoms with Gasteiger partial charge in [-0.05, 0) is 43.7 Å². The number of carbonyl (C=O) groups is 1. The van der Waals surface area contributed by atoms with Crippen molar-refractivity contribution in [2.24, 2.45) is 5.41 Å². The highest BCUT2D eigenvalue weighted by molar-refractivity contribution is 5.92. The van der Waals surface area contributed by atoms with E-state index in [9.17, 15) is 4.79 Å². The average molecular weight is 260 g/mol. The number of anilines is 1. The van der Waals surface area contributed by atoms with Gasteiger partial charge < -0.3 is 10.6 Å². The second-order valence-electron chi connectivity index (χ2n) is 5.77. The van der Waals surface area contributed by atoms with Crippen LogP contribution in [0.3, 0.4) is 0 Å². The quantitative estimate of drug-likeness (QED) is 0.791. The summed E-state index contributed by atoms with van der Waals surface area (Å²) in [7, 11) is 0. The Morgan fingerprint density at radius 1 is 1.26 bits per heavy atom. The van der Waals surface area contributed by atoms with Gasteiger partial charge >= 0.3 is 0 Å². The normalized spacial score (nSPS) is 16.1. The van der Waals surface area contributed by atoms with Crippen molar-refractivity contribution < 1.29 is 4.79 Å². The maximum absolute atomic E-state index is 11.8. The summed E-state index contributed by atoms with van der Waals surface area (Å²) in [5.41, 5.74) is 2.57. The molecular weight excluding hydrogens is 236 g/mol. The van der Waals surface area contributed by atoms with Crippen LogP contribution in [0.2, 0.25) is 0 Å². The molecule has 0 saturated heterocycles. The van der Waals surface area contributed by atoms with E-state index in [2.05, 4.69) is 17.6 Å². The summed E-state index contributed by atoms with van der Waals surface area (Å²) < 4.78 is 0. The highest BCUT2D eigenvalue weighted by atomic mass is 16.1. The molecule has 1 aromatic rings. The summed E-state index contributed by atoms with van der Waals surface area (Å²) in [6, 6.07) is 7.88. The molecule has 2 rings (SSSR count). The van der Waals surface area contributed by atoms with Gasteiger partial charge in [-0.3, -0.25) is 4.79 Å². The lowest BCUT2D eigenvalue weighted by atomic mass is 10.0. The molecule has 1 aliphatic carbocycles. The van der Waals surface area contributed by atoms with Crippen molar-refractivity contribution in [3.05, 3.63) is 29.8 Å². The van der Waals surface area contributed by atoms with Crippen LogP contribution in [0, 0.1) is 12.3 Å². The van der Waals surface area contributed by atoms with Crippen LogP contribution >= 0.6 is 0 Å². The van der Waals surface area contributed by atoms with Gasteiger partial charge in [0.25, 0.3) is 0 Å². The Balaban J connectivity index is 1.69. The molecule has 3 nitrogen and oxygen atoms in total. The molecule has 0 bridgehead atoms. The van der Waals surface area contributed by atoms with Crippen molar-refractivity contribution in [3.63, 3.8) is 0 Å². The number of aryl methyl sites for hydroxylation is 1. The first kappa shape index (κ1) is 14.1. The monoisotopic (exact) mass is 260 g/mol. The summed E-state index contributed by atoms with van der Waals surface area (Å²) in [6.07, 6.45) is 5.14. The first-order chi connectivity index (χ1) is 9.13. The van der Waals surface area contributed by atoms with Gasteiger partial charge in [0.1, 0.15) is 0 Å². The third kappa shape index (κ3) is 4.35. The maximum Gasteiger partial charge on any atom is 0.238 e. The first-order valence-electron chi connectivity index (χ1n) is 7.21. The summed E-state index contributed by atoms with van der Waals surface area (Å²) in [6.45, 7) is 5.64. The highest BCUT2D eigenvalue weighted by Gasteiger charge is 2.40. The molecule has 0 heterocycles. The third-order valence-corrected chi connectivity index (χ3v) is 3.86. The van der Waals surface area contributed by atoms with Crippen LogP contribution in [-0.4, -0.2) is 19.0 Å². The van der Waals surface area contributed by atoms with E-state index in [1.807, 2.05) is 31.2 Å². The molecule has 0 aliphatic heterocycles. The van der Waals surface area contributed by atoms with Gasteiger partial charge in [-0.15, -0.1) is 0 Å². The van der Waals surface area contributed by atoms with Crippen molar-refractivity contribution >= 4 is 11.6 Å². The molecule has 1 fully saturated rings. The summed E-state index contributed by atoms with van der Waals surface area (Å²) in [5, 5.41) is 6.20. The molecule has 104 valence electrons. The van der Waals surface area contributed by atoms with Gasteiger partial charge in [0.15, 0.2) is 0 Å². The number of nitrogens with one attached hydrogen (secondary N) is 2. The fourth-order valence-electron chi connectivity index (χ4n) is 2.51. The van der Waals surface area contributed by atoms with Crippen LogP contribution in [0.4, 0.5) is 5.69 Å². The van der Waals surface area contributed by atoms with E-state index in [-0.39, 0.29) is 5.91 Å². The summed E-state index contributed by atoms with van der Waals surface area (Å²) in [5.74, 6) is 0.0381. The van der Waals surface area contributed by atoms with E-state index >= 15 is 0 Å². The van der Waals surface area contributed by atoms with E-state index in [0.717, 1.165) is 12.2 Å². The predicted molar refractivity (Wildman–Crippen MR) is 79.3 cm³/mol. The van der Waals surface area contributed by atoms with E-state index in [1.54, 1.807) is 0 Å². The van der Waals surface area contributed by atoms with Crippen molar-refractivity contribution in [1.82, 2.24) is 5.32 Å². The maximum atomic E-state index is 11.8. The third-order valence-electron chi connectivity index (χ3n) is 3.86. The van der Waals surface area contributed by atoms with Crippen molar-refractivity contribution in [2.45, 2.75) is 39.5 Å². The lowest BCUT2D eigenvalue weighted by Crippen LogP contribution is -2.32. The standard InChI is InChI=1S/C16H24N2O/c1-3-8-16(9-10-16)12-17-11-15(19)18-14-6-4-13(2)5-7-14/h4-7,17H,3,8-12H2,1-2H3,(H,18,19). The second kappa shape index (κ2) is 6.20. The Morgan fingerprint density at radius 3 is 2.53 bits per heavy atom. The molecule has 0 spiro atoms. The minimum atomic E-state index is 0.0381.